The molecule has 1 spiro atoms. The Labute approximate surface area is 479 Å². The number of methoxy groups -OCH3 is 1. The number of nitro groups is 1. The first kappa shape index (κ1) is 63.9. The Kier molecular flexibility index (Phi) is 20.8. The van der Waals surface area contributed by atoms with Gasteiger partial charge in [-0.25, -0.2) is 4.99 Å². The molecule has 1 saturated heterocycles. The van der Waals surface area contributed by atoms with Crippen molar-refractivity contribution in [3.8, 4) is 17.2 Å². The number of anilines is 1. The minimum absolute atomic E-state index is 0.0538. The molecule has 3 aromatic carbocycles. The zero-order valence-corrected chi connectivity index (χ0v) is 48.7. The van der Waals surface area contributed by atoms with Crippen molar-refractivity contribution >= 4 is 68.9 Å². The summed E-state index contributed by atoms with van der Waals surface area (Å²) in [5.74, 6) is -7.32. The first-order valence-corrected chi connectivity index (χ1v) is 27.6. The molecule has 4 heterocycles. The number of ketones is 1. The third kappa shape index (κ3) is 13.8. The lowest BCUT2D eigenvalue weighted by molar-refractivity contribution is -0.384. The normalized spacial score (nSPS) is 28.0. The summed E-state index contributed by atoms with van der Waals surface area (Å²) in [7, 11) is 1.47. The number of piperidine rings is 1. The number of hydrogen-bond donors (Lipinski definition) is 8. The second kappa shape index (κ2) is 26.3. The number of non-ortho nitro benzene ring substituents is 1. The summed E-state index contributed by atoms with van der Waals surface area (Å²) >= 11 is 10.7. The topological polar surface area (TPSA) is 322 Å². The zero-order chi connectivity index (χ0) is 60.2. The Morgan fingerprint density at radius 3 is 2.19 bits per heavy atom. The number of nitrogens with zero attached hydrogens (tertiary/aromatic N) is 4. The van der Waals surface area contributed by atoms with Crippen molar-refractivity contribution in [2.45, 2.75) is 135 Å². The summed E-state index contributed by atoms with van der Waals surface area (Å²) in [6.07, 6.45) is 3.82. The number of alkyl halides is 2. The lowest BCUT2D eigenvalue weighted by atomic mass is 9.78. The number of Topliss-reactive ketones (excluding diaryl/α,β-unsaturated/α-hetero) is 1. The molecule has 22 nitrogen and oxygen atoms in total. The highest BCUT2D eigenvalue weighted by Gasteiger charge is 2.51. The van der Waals surface area contributed by atoms with Gasteiger partial charge in [-0.1, -0.05) is 83.0 Å². The lowest BCUT2D eigenvalue weighted by Crippen LogP contribution is -2.47. The van der Waals surface area contributed by atoms with Gasteiger partial charge in [-0.05, 0) is 43.5 Å². The number of nitro benzene ring substituents is 1. The number of phenols is 2. The van der Waals surface area contributed by atoms with Gasteiger partial charge >= 0.3 is 11.8 Å². The van der Waals surface area contributed by atoms with Crippen molar-refractivity contribution in [1.82, 2.24) is 10.2 Å². The molecule has 4 aliphatic heterocycles. The zero-order valence-electron chi connectivity index (χ0n) is 47.2. The molecule has 0 saturated carbocycles. The van der Waals surface area contributed by atoms with Gasteiger partial charge in [0.15, 0.2) is 10.6 Å². The van der Waals surface area contributed by atoms with E-state index in [1.54, 1.807) is 65.8 Å². The third-order valence-corrected chi connectivity index (χ3v) is 15.9. The van der Waals surface area contributed by atoms with Crippen LogP contribution >= 0.6 is 23.2 Å². The number of aromatic hydroxyl groups is 2. The quantitative estimate of drug-likeness (QED) is 0.0399. The monoisotopic (exact) mass is 1170 g/mol. The highest BCUT2D eigenvalue weighted by Crippen LogP contribution is 2.51. The van der Waals surface area contributed by atoms with Gasteiger partial charge in [0.05, 0.1) is 58.8 Å². The number of fused-ring (bicyclic) bond motifs is 1. The number of likely N-dealkylation sites (tertiary alicyclic amines) is 1. The van der Waals surface area contributed by atoms with Gasteiger partial charge in [0.1, 0.15) is 40.1 Å². The number of allylic oxidation sites excluding steroid dienone is 2. The summed E-state index contributed by atoms with van der Waals surface area (Å²) < 4.78 is 24.0. The van der Waals surface area contributed by atoms with Crippen molar-refractivity contribution in [2.75, 3.05) is 38.7 Å². The molecule has 24 heteroatoms. The predicted molar refractivity (Wildman–Crippen MR) is 300 cm³/mol. The first-order valence-electron chi connectivity index (χ1n) is 26.7. The van der Waals surface area contributed by atoms with E-state index in [0.29, 0.717) is 30.0 Å². The van der Waals surface area contributed by atoms with Crippen molar-refractivity contribution in [3.63, 3.8) is 0 Å². The number of benzene rings is 3. The Morgan fingerprint density at radius 2 is 1.62 bits per heavy atom. The summed E-state index contributed by atoms with van der Waals surface area (Å²) in [6.45, 7) is 19.0. The van der Waals surface area contributed by atoms with E-state index in [2.05, 4.69) is 34.4 Å². The van der Waals surface area contributed by atoms with E-state index in [-0.39, 0.29) is 55.4 Å². The van der Waals surface area contributed by atoms with Crippen LogP contribution in [0.5, 0.6) is 17.2 Å². The van der Waals surface area contributed by atoms with Gasteiger partial charge in [-0.15, -0.1) is 0 Å². The van der Waals surface area contributed by atoms with Crippen molar-refractivity contribution in [2.24, 2.45) is 39.6 Å². The fourth-order valence-corrected chi connectivity index (χ4v) is 10.9. The number of rotatable bonds is 10. The molecule has 0 radical (unpaired) electrons. The molecule has 0 aliphatic carbocycles. The third-order valence-electron chi connectivity index (χ3n) is 15.5. The molecule has 8 N–H and O–H groups in total. The molecule has 3 aromatic rings. The highest BCUT2D eigenvalue weighted by atomic mass is 35.5. The Hall–Kier alpha value is -6.24. The number of nitrogens with one attached hydrogen (secondary N) is 2. The highest BCUT2D eigenvalue weighted by molar-refractivity contribution is 6.53. The van der Waals surface area contributed by atoms with Crippen LogP contribution in [0.25, 0.3) is 10.8 Å². The molecule has 0 aromatic heterocycles. The summed E-state index contributed by atoms with van der Waals surface area (Å²) in [4.78, 5) is 72.8. The second-order valence-corrected chi connectivity index (χ2v) is 23.0. The van der Waals surface area contributed by atoms with Gasteiger partial charge in [-0.3, -0.25) is 34.3 Å². The maximum absolute atomic E-state index is 14.7. The molecule has 81 heavy (non-hydrogen) atoms. The van der Waals surface area contributed by atoms with Crippen molar-refractivity contribution < 1.29 is 73.7 Å². The molecule has 0 unspecified atom stereocenters. The van der Waals surface area contributed by atoms with Crippen molar-refractivity contribution in [3.05, 3.63) is 97.9 Å². The van der Waals surface area contributed by atoms with Crippen LogP contribution in [0.2, 0.25) is 0 Å². The Bertz CT molecular complexity index is 3090. The number of halogens is 2. The largest absolute Gasteiger partial charge is 0.507 e. The lowest BCUT2D eigenvalue weighted by Gasteiger charge is -2.38. The molecule has 2 amide bonds. The van der Waals surface area contributed by atoms with E-state index in [1.807, 2.05) is 0 Å². The van der Waals surface area contributed by atoms with Gasteiger partial charge in [0.25, 0.3) is 23.3 Å². The van der Waals surface area contributed by atoms with Gasteiger partial charge in [0.2, 0.25) is 0 Å². The molecule has 4 bridgehead atoms. The van der Waals surface area contributed by atoms with Crippen LogP contribution in [-0.4, -0.2) is 144 Å². The minimum Gasteiger partial charge on any atom is -0.507 e. The second-order valence-electron chi connectivity index (χ2n) is 21.9. The number of carbonyl (C=O) groups is 4. The molecule has 7 rings (SSSR count). The Morgan fingerprint density at radius 1 is 0.975 bits per heavy atom. The number of esters is 1. The van der Waals surface area contributed by atoms with Crippen LogP contribution < -0.4 is 26.1 Å². The van der Waals surface area contributed by atoms with E-state index in [1.165, 1.54) is 51.5 Å². The smallest absolute Gasteiger partial charge is 0.312 e. The van der Waals surface area contributed by atoms with Gasteiger partial charge in [-0.2, -0.15) is 0 Å². The number of amides is 2. The fourth-order valence-electron chi connectivity index (χ4n) is 10.7. The number of aliphatic hydroxyl groups is 4. The number of hydrogen-bond acceptors (Lipinski definition) is 19. The fraction of sp³-hybridized carbons (Fsp3) is 0.544. The molecule has 4 aliphatic rings. The maximum Gasteiger partial charge on any atom is 0.312 e. The maximum atomic E-state index is 14.7. The van der Waals surface area contributed by atoms with Crippen LogP contribution in [0.3, 0.4) is 0 Å². The number of carbonyl (C=O) groups excluding carboxylic acids is 4. The first-order chi connectivity index (χ1) is 38.0. The molecule has 1 fully saturated rings. The van der Waals surface area contributed by atoms with E-state index in [0.717, 1.165) is 19.6 Å². The summed E-state index contributed by atoms with van der Waals surface area (Å²) in [5, 5.41) is 82.5. The van der Waals surface area contributed by atoms with E-state index in [4.69, 9.17) is 52.2 Å². The summed E-state index contributed by atoms with van der Waals surface area (Å²) in [5.41, 5.74) is 0.0580. The van der Waals surface area contributed by atoms with Gasteiger partial charge < -0.3 is 65.1 Å². The number of phenolic OH excluding ortho intramolecular Hbond substituents is 2. The van der Waals surface area contributed by atoms with E-state index >= 15 is 0 Å². The molecule has 442 valence electrons. The minimum atomic E-state index is -1.95. The van der Waals surface area contributed by atoms with Gasteiger partial charge in [0, 0.05) is 106 Å². The standard InChI is InChI=1S/C46H62N4O11.C11H12Cl2N2O5/c1-22(2)21-50-18-16-46(17-19-50)48-34-31-32-39(54)28(8)42-33(31)43(56)45(10,61-42)59-20-15-30(58-11)25(5)41(60-29(9)51)27(7)38(53)26(6)37(52)23(3)13-12-14-24(4)44(57)47-36(40(32)55)35(34)49-46;12-10(13)11(18)14-8(5-16)9(17)6-1-3-7(4-2-6)15(19)20/h12-15,20,22-23,25-27,30,37-38,41,48,52-55H,16-19,21H2,1-11H3;1-4,8-10,16-17H,5H2,(H,14,18)/b13-12-,20-15-,24-14-,47-36?;/t23-,25-,26+,27+,30-,37-,38+,41-,45+;8-,9-/m11/s1. The molecular formula is C57H74Cl2N6O16. The van der Waals surface area contributed by atoms with Crippen LogP contribution in [0.15, 0.2) is 70.4 Å². The summed E-state index contributed by atoms with van der Waals surface area (Å²) in [6, 6.07) is 4.05. The predicted octanol–water partition coefficient (Wildman–Crippen LogP) is 5.66. The molecule has 11 atom stereocenters. The SMILES string of the molecule is CO[C@@H]1/C=C\O[C@@]2(C)Oc3c(C)c(O)c4c(O)c(c5c(c4c3C2=O)NC2(CCN(CC(C)C)CC2)N=5)=NC(=O)/C(C)=C\C=C/[C@@H](C)[C@@H](O)[C@H](C)[C@H](O)[C@H](C)[C@H](OC(C)=O)[C@@H]1C.O=C(N[C@H](CO)[C@H](O)c1ccc([N+](=O)[O-])cc1)C(Cl)Cl. The van der Waals surface area contributed by atoms with Crippen LogP contribution in [-0.2, 0) is 28.6 Å². The van der Waals surface area contributed by atoms with E-state index in [9.17, 15) is 54.8 Å². The molecular weight excluding hydrogens is 1100 g/mol. The van der Waals surface area contributed by atoms with Crippen LogP contribution in [0, 0.1) is 46.6 Å². The van der Waals surface area contributed by atoms with Crippen LogP contribution in [0.4, 0.5) is 11.4 Å². The average Bonchev–Trinajstić information content (AvgIpc) is 3.43. The Balaban J connectivity index is 0.000000446. The number of aliphatic hydroxyl groups excluding tert-OH is 4. The van der Waals surface area contributed by atoms with Crippen molar-refractivity contribution in [1.29, 1.82) is 0 Å². The van der Waals surface area contributed by atoms with Crippen LogP contribution in [0.1, 0.15) is 103 Å². The average molecular weight is 1170 g/mol. The van der Waals surface area contributed by atoms with E-state index < -0.39 is 117 Å². The number of ether oxygens (including phenoxy) is 4.